The Hall–Kier alpha value is -1.19. The number of thiophene rings is 1. The Morgan fingerprint density at radius 2 is 2.00 bits per heavy atom. The van der Waals surface area contributed by atoms with Gasteiger partial charge in [-0.05, 0) is 38.1 Å². The van der Waals surface area contributed by atoms with Crippen LogP contribution in [0.15, 0.2) is 30.3 Å². The van der Waals surface area contributed by atoms with Gasteiger partial charge in [0.15, 0.2) is 0 Å². The average molecular weight is 277 g/mol. The molecule has 1 aromatic carbocycles. The van der Waals surface area contributed by atoms with E-state index >= 15 is 0 Å². The van der Waals surface area contributed by atoms with E-state index in [9.17, 15) is 4.39 Å². The van der Waals surface area contributed by atoms with Crippen LogP contribution in [0.3, 0.4) is 0 Å². The van der Waals surface area contributed by atoms with Gasteiger partial charge in [0.05, 0.1) is 6.04 Å². The molecule has 3 heteroatoms. The van der Waals surface area contributed by atoms with Crippen molar-refractivity contribution in [2.45, 2.75) is 33.2 Å². The summed E-state index contributed by atoms with van der Waals surface area (Å²) >= 11 is 1.76. The Balaban J connectivity index is 2.41. The van der Waals surface area contributed by atoms with Gasteiger partial charge in [0.2, 0.25) is 0 Å². The van der Waals surface area contributed by atoms with E-state index in [2.05, 4.69) is 31.3 Å². The molecule has 0 radical (unpaired) electrons. The lowest BCUT2D eigenvalue weighted by Crippen LogP contribution is -2.22. The summed E-state index contributed by atoms with van der Waals surface area (Å²) < 4.78 is 14.1. The SMILES string of the molecule is CCNC(c1ccc(CC)s1)c1cc(C)ccc1F. The van der Waals surface area contributed by atoms with E-state index in [0.717, 1.165) is 24.1 Å². The largest absolute Gasteiger partial charge is 0.306 e. The lowest BCUT2D eigenvalue weighted by Gasteiger charge is -2.18. The molecule has 1 aromatic heterocycles. The number of hydrogen-bond donors (Lipinski definition) is 1. The Kier molecular flexibility index (Phi) is 4.72. The van der Waals surface area contributed by atoms with Crippen molar-refractivity contribution in [2.24, 2.45) is 0 Å². The van der Waals surface area contributed by atoms with Gasteiger partial charge in [0, 0.05) is 15.3 Å². The molecule has 102 valence electrons. The van der Waals surface area contributed by atoms with Crippen molar-refractivity contribution in [1.82, 2.24) is 5.32 Å². The second-order valence-corrected chi connectivity index (χ2v) is 5.87. The topological polar surface area (TPSA) is 12.0 Å². The van der Waals surface area contributed by atoms with Crippen LogP contribution >= 0.6 is 11.3 Å². The Labute approximate surface area is 118 Å². The Morgan fingerprint density at radius 3 is 2.63 bits per heavy atom. The van der Waals surface area contributed by atoms with E-state index in [1.807, 2.05) is 19.1 Å². The zero-order valence-electron chi connectivity index (χ0n) is 11.7. The summed E-state index contributed by atoms with van der Waals surface area (Å²) in [7, 11) is 0. The molecule has 1 N–H and O–H groups in total. The third-order valence-electron chi connectivity index (χ3n) is 3.19. The molecule has 0 fully saturated rings. The quantitative estimate of drug-likeness (QED) is 0.851. The van der Waals surface area contributed by atoms with Crippen molar-refractivity contribution in [2.75, 3.05) is 6.54 Å². The summed E-state index contributed by atoms with van der Waals surface area (Å²) in [6.07, 6.45) is 1.03. The highest BCUT2D eigenvalue weighted by atomic mass is 32.1. The molecule has 2 aromatic rings. The fraction of sp³-hybridized carbons (Fsp3) is 0.375. The third-order valence-corrected chi connectivity index (χ3v) is 4.48. The highest BCUT2D eigenvalue weighted by Crippen LogP contribution is 2.30. The molecule has 19 heavy (non-hydrogen) atoms. The normalized spacial score (nSPS) is 12.6. The Morgan fingerprint density at radius 1 is 1.21 bits per heavy atom. The molecule has 1 unspecified atom stereocenters. The molecule has 0 saturated carbocycles. The molecule has 1 heterocycles. The molecule has 1 atom stereocenters. The number of aryl methyl sites for hydroxylation is 2. The minimum Gasteiger partial charge on any atom is -0.306 e. The van der Waals surface area contributed by atoms with Crippen LogP contribution in [0.2, 0.25) is 0 Å². The van der Waals surface area contributed by atoms with Crippen molar-refractivity contribution in [1.29, 1.82) is 0 Å². The van der Waals surface area contributed by atoms with Crippen molar-refractivity contribution < 1.29 is 4.39 Å². The molecule has 0 spiro atoms. The van der Waals surface area contributed by atoms with E-state index < -0.39 is 0 Å². The minimum atomic E-state index is -0.136. The van der Waals surface area contributed by atoms with Crippen LogP contribution in [0.5, 0.6) is 0 Å². The zero-order valence-corrected chi connectivity index (χ0v) is 12.5. The predicted octanol–water partition coefficient (Wildman–Crippen LogP) is 4.46. The molecule has 0 saturated heterocycles. The Bertz CT molecular complexity index is 547. The summed E-state index contributed by atoms with van der Waals surface area (Å²) in [6.45, 7) is 7.01. The van der Waals surface area contributed by atoms with E-state index in [1.54, 1.807) is 17.4 Å². The molecule has 0 bridgehead atoms. The maximum absolute atomic E-state index is 14.1. The minimum absolute atomic E-state index is 0.0461. The standard InChI is InChI=1S/C16H20FNS/c1-4-12-7-9-15(19-12)16(18-5-2)13-10-11(3)6-8-14(13)17/h6-10,16,18H,4-5H2,1-3H3. The van der Waals surface area contributed by atoms with Crippen molar-refractivity contribution in [3.63, 3.8) is 0 Å². The van der Waals surface area contributed by atoms with E-state index in [-0.39, 0.29) is 11.9 Å². The summed E-state index contributed by atoms with van der Waals surface area (Å²) in [4.78, 5) is 2.52. The highest BCUT2D eigenvalue weighted by molar-refractivity contribution is 7.12. The first-order valence-corrected chi connectivity index (χ1v) is 7.55. The van der Waals surface area contributed by atoms with Crippen LogP contribution < -0.4 is 5.32 Å². The fourth-order valence-corrected chi connectivity index (χ4v) is 3.24. The fourth-order valence-electron chi connectivity index (χ4n) is 2.19. The van der Waals surface area contributed by atoms with Crippen LogP contribution in [0.1, 0.15) is 40.8 Å². The molecular weight excluding hydrogens is 257 g/mol. The van der Waals surface area contributed by atoms with Gasteiger partial charge in [-0.25, -0.2) is 4.39 Å². The number of hydrogen-bond acceptors (Lipinski definition) is 2. The van der Waals surface area contributed by atoms with Crippen molar-refractivity contribution in [3.05, 3.63) is 57.0 Å². The molecule has 1 nitrogen and oxygen atoms in total. The second-order valence-electron chi connectivity index (χ2n) is 4.67. The number of rotatable bonds is 5. The average Bonchev–Trinajstić information content (AvgIpc) is 2.88. The van der Waals surface area contributed by atoms with Crippen LogP contribution in [-0.2, 0) is 6.42 Å². The third kappa shape index (κ3) is 3.23. The van der Waals surface area contributed by atoms with Gasteiger partial charge in [-0.2, -0.15) is 0 Å². The smallest absolute Gasteiger partial charge is 0.128 e. The van der Waals surface area contributed by atoms with Crippen LogP contribution in [-0.4, -0.2) is 6.54 Å². The van der Waals surface area contributed by atoms with Gasteiger partial charge in [0.1, 0.15) is 5.82 Å². The first kappa shape index (κ1) is 14.2. The van der Waals surface area contributed by atoms with Gasteiger partial charge >= 0.3 is 0 Å². The van der Waals surface area contributed by atoms with Gasteiger partial charge in [-0.15, -0.1) is 11.3 Å². The van der Waals surface area contributed by atoms with Crippen LogP contribution in [0, 0.1) is 12.7 Å². The first-order valence-electron chi connectivity index (χ1n) is 6.73. The van der Waals surface area contributed by atoms with E-state index in [4.69, 9.17) is 0 Å². The highest BCUT2D eigenvalue weighted by Gasteiger charge is 2.18. The lowest BCUT2D eigenvalue weighted by atomic mass is 10.0. The number of nitrogens with one attached hydrogen (secondary N) is 1. The van der Waals surface area contributed by atoms with E-state index in [1.165, 1.54) is 9.75 Å². The summed E-state index contributed by atoms with van der Waals surface area (Å²) in [6, 6.07) is 9.51. The van der Waals surface area contributed by atoms with Gasteiger partial charge in [-0.3, -0.25) is 0 Å². The predicted molar refractivity (Wildman–Crippen MR) is 80.4 cm³/mol. The monoisotopic (exact) mass is 277 g/mol. The van der Waals surface area contributed by atoms with Crippen LogP contribution in [0.4, 0.5) is 4.39 Å². The van der Waals surface area contributed by atoms with Gasteiger partial charge < -0.3 is 5.32 Å². The lowest BCUT2D eigenvalue weighted by molar-refractivity contribution is 0.562. The second kappa shape index (κ2) is 6.31. The molecule has 0 aliphatic rings. The number of benzene rings is 1. The summed E-state index contributed by atoms with van der Waals surface area (Å²) in [5.74, 6) is -0.136. The maximum atomic E-state index is 14.1. The number of halogens is 1. The molecule has 0 aliphatic carbocycles. The summed E-state index contributed by atoms with van der Waals surface area (Å²) in [5, 5.41) is 3.39. The van der Waals surface area contributed by atoms with E-state index in [0.29, 0.717) is 0 Å². The van der Waals surface area contributed by atoms with Gasteiger partial charge in [0.25, 0.3) is 0 Å². The van der Waals surface area contributed by atoms with Crippen LogP contribution in [0.25, 0.3) is 0 Å². The first-order chi connectivity index (χ1) is 9.15. The van der Waals surface area contributed by atoms with Gasteiger partial charge in [-0.1, -0.05) is 31.5 Å². The molecule has 2 rings (SSSR count). The summed E-state index contributed by atoms with van der Waals surface area (Å²) in [5.41, 5.74) is 1.83. The maximum Gasteiger partial charge on any atom is 0.128 e. The zero-order chi connectivity index (χ0) is 13.8. The molecule has 0 amide bonds. The molecular formula is C16H20FNS. The van der Waals surface area contributed by atoms with Crippen molar-refractivity contribution in [3.8, 4) is 0 Å². The van der Waals surface area contributed by atoms with Crippen molar-refractivity contribution >= 4 is 11.3 Å². The molecule has 0 aliphatic heterocycles.